The SMILES string of the molecule is COCCn1c([S+](C)[O-])nc(-c2ccc(F)cc2)c1-c1ccnc(Nc2ccc(OC)cc2)c1. The summed E-state index contributed by atoms with van der Waals surface area (Å²) in [5, 5.41) is 3.72. The molecule has 0 fully saturated rings. The molecule has 0 saturated carbocycles. The summed E-state index contributed by atoms with van der Waals surface area (Å²) < 4.78 is 38.6. The van der Waals surface area contributed by atoms with Gasteiger partial charge in [0.25, 0.3) is 0 Å². The molecule has 34 heavy (non-hydrogen) atoms. The molecule has 0 aliphatic heterocycles. The van der Waals surface area contributed by atoms with Crippen molar-refractivity contribution in [3.8, 4) is 28.3 Å². The molecular weight excluding hydrogens is 455 g/mol. The third kappa shape index (κ3) is 5.22. The summed E-state index contributed by atoms with van der Waals surface area (Å²) in [7, 11) is 3.24. The molecule has 9 heteroatoms. The lowest BCUT2D eigenvalue weighted by molar-refractivity contribution is 0.185. The van der Waals surface area contributed by atoms with Crippen LogP contribution in [-0.4, -0.2) is 46.2 Å². The van der Waals surface area contributed by atoms with E-state index in [-0.39, 0.29) is 5.82 Å². The molecule has 1 N–H and O–H groups in total. The Morgan fingerprint density at radius 3 is 2.41 bits per heavy atom. The van der Waals surface area contributed by atoms with Crippen LogP contribution in [0.15, 0.2) is 72.0 Å². The van der Waals surface area contributed by atoms with Gasteiger partial charge in [-0.1, -0.05) is 0 Å². The van der Waals surface area contributed by atoms with Crippen molar-refractivity contribution < 1.29 is 18.4 Å². The van der Waals surface area contributed by atoms with Crippen molar-refractivity contribution >= 4 is 22.7 Å². The molecule has 4 rings (SSSR count). The second kappa shape index (κ2) is 10.7. The molecule has 0 aliphatic rings. The number of ether oxygens (including phenoxy) is 2. The third-order valence-electron chi connectivity index (χ3n) is 5.22. The van der Waals surface area contributed by atoms with Crippen molar-refractivity contribution in [3.63, 3.8) is 0 Å². The van der Waals surface area contributed by atoms with Crippen molar-refractivity contribution in [2.45, 2.75) is 11.7 Å². The smallest absolute Gasteiger partial charge is 0.324 e. The molecule has 4 aromatic rings. The van der Waals surface area contributed by atoms with Crippen molar-refractivity contribution in [2.24, 2.45) is 0 Å². The van der Waals surface area contributed by atoms with E-state index in [1.807, 2.05) is 41.0 Å². The van der Waals surface area contributed by atoms with E-state index in [4.69, 9.17) is 14.5 Å². The lowest BCUT2D eigenvalue weighted by Crippen LogP contribution is -2.13. The highest BCUT2D eigenvalue weighted by atomic mass is 32.2. The molecule has 0 amide bonds. The third-order valence-corrected chi connectivity index (χ3v) is 6.05. The van der Waals surface area contributed by atoms with Gasteiger partial charge in [0.1, 0.15) is 29.3 Å². The summed E-state index contributed by atoms with van der Waals surface area (Å²) in [5.41, 5.74) is 3.77. The molecule has 1 atom stereocenters. The summed E-state index contributed by atoms with van der Waals surface area (Å²) in [5.74, 6) is 1.06. The predicted molar refractivity (Wildman–Crippen MR) is 131 cm³/mol. The Hall–Kier alpha value is -3.40. The Kier molecular flexibility index (Phi) is 7.46. The highest BCUT2D eigenvalue weighted by Crippen LogP contribution is 2.35. The highest BCUT2D eigenvalue weighted by Gasteiger charge is 2.25. The predicted octanol–water partition coefficient (Wildman–Crippen LogP) is 4.89. The van der Waals surface area contributed by atoms with Gasteiger partial charge in [-0.15, -0.1) is 0 Å². The number of hydrogen-bond donors (Lipinski definition) is 1. The van der Waals surface area contributed by atoms with Crippen LogP contribution in [0.5, 0.6) is 5.75 Å². The highest BCUT2D eigenvalue weighted by molar-refractivity contribution is 7.90. The van der Waals surface area contributed by atoms with Crippen LogP contribution in [0.4, 0.5) is 15.9 Å². The van der Waals surface area contributed by atoms with Crippen LogP contribution in [0.3, 0.4) is 0 Å². The molecule has 0 spiro atoms. The monoisotopic (exact) mass is 480 g/mol. The minimum atomic E-state index is -1.35. The van der Waals surface area contributed by atoms with Gasteiger partial charge in [-0.25, -0.2) is 9.37 Å². The fraction of sp³-hybridized carbons (Fsp3) is 0.200. The molecule has 0 radical (unpaired) electrons. The van der Waals surface area contributed by atoms with Crippen LogP contribution in [0.25, 0.3) is 22.5 Å². The number of rotatable bonds is 9. The first-order chi connectivity index (χ1) is 16.5. The number of benzene rings is 2. The normalized spacial score (nSPS) is 11.9. The zero-order valence-corrected chi connectivity index (χ0v) is 19.9. The van der Waals surface area contributed by atoms with Crippen molar-refractivity contribution in [1.29, 1.82) is 0 Å². The molecular formula is C25H25FN4O3S. The van der Waals surface area contributed by atoms with E-state index in [2.05, 4.69) is 10.3 Å². The fourth-order valence-electron chi connectivity index (χ4n) is 3.61. The van der Waals surface area contributed by atoms with E-state index < -0.39 is 11.2 Å². The molecule has 0 aliphatic carbocycles. The Balaban J connectivity index is 1.81. The molecule has 0 bridgehead atoms. The van der Waals surface area contributed by atoms with E-state index >= 15 is 0 Å². The van der Waals surface area contributed by atoms with Crippen molar-refractivity contribution in [1.82, 2.24) is 14.5 Å². The van der Waals surface area contributed by atoms with Gasteiger partial charge in [0.2, 0.25) is 0 Å². The Bertz CT molecular complexity index is 1240. The summed E-state index contributed by atoms with van der Waals surface area (Å²) >= 11 is -1.35. The van der Waals surface area contributed by atoms with E-state index in [0.717, 1.165) is 28.3 Å². The van der Waals surface area contributed by atoms with Gasteiger partial charge in [0.05, 0.1) is 26.0 Å². The van der Waals surface area contributed by atoms with Gasteiger partial charge >= 0.3 is 5.16 Å². The van der Waals surface area contributed by atoms with Crippen LogP contribution >= 0.6 is 0 Å². The zero-order valence-electron chi connectivity index (χ0n) is 19.1. The quantitative estimate of drug-likeness (QED) is 0.344. The fourth-order valence-corrected chi connectivity index (χ4v) is 4.32. The number of methoxy groups -OCH3 is 2. The maximum atomic E-state index is 13.6. The van der Waals surface area contributed by atoms with Crippen molar-refractivity contribution in [3.05, 3.63) is 72.7 Å². The largest absolute Gasteiger partial charge is 0.609 e. The molecule has 2 aromatic heterocycles. The molecule has 0 saturated heterocycles. The first-order valence-corrected chi connectivity index (χ1v) is 12.1. The Morgan fingerprint density at radius 1 is 1.03 bits per heavy atom. The van der Waals surface area contributed by atoms with E-state index in [1.165, 1.54) is 12.1 Å². The maximum absolute atomic E-state index is 13.6. The molecule has 2 heterocycles. The maximum Gasteiger partial charge on any atom is 0.324 e. The minimum absolute atomic E-state index is 0.335. The standard InChI is InChI=1S/C25H25FN4O3S/c1-32-15-14-30-24(23(29-25(30)34(3)31)17-4-6-19(26)7-5-17)18-12-13-27-22(16-18)28-20-8-10-21(33-2)11-9-20/h4-13,16H,14-15H2,1-3H3,(H,27,28). The lowest BCUT2D eigenvalue weighted by atomic mass is 10.1. The number of halogens is 1. The molecule has 176 valence electrons. The number of aromatic nitrogens is 3. The first kappa shape index (κ1) is 23.7. The zero-order chi connectivity index (χ0) is 24.1. The number of imidazole rings is 1. The van der Waals surface area contributed by atoms with Gasteiger partial charge in [-0.05, 0) is 60.7 Å². The van der Waals surface area contributed by atoms with E-state index in [0.29, 0.717) is 29.8 Å². The summed E-state index contributed by atoms with van der Waals surface area (Å²) in [6, 6.07) is 17.4. The van der Waals surface area contributed by atoms with Gasteiger partial charge in [0, 0.05) is 41.3 Å². The van der Waals surface area contributed by atoms with E-state index in [9.17, 15) is 8.94 Å². The minimum Gasteiger partial charge on any atom is -0.609 e. The van der Waals surface area contributed by atoms with E-state index in [1.54, 1.807) is 38.8 Å². The van der Waals surface area contributed by atoms with Crippen LogP contribution in [0, 0.1) is 5.82 Å². The Morgan fingerprint density at radius 2 is 1.76 bits per heavy atom. The van der Waals surface area contributed by atoms with Crippen LogP contribution in [-0.2, 0) is 22.5 Å². The van der Waals surface area contributed by atoms with Crippen LogP contribution in [0.1, 0.15) is 0 Å². The van der Waals surface area contributed by atoms with Gasteiger partial charge in [0.15, 0.2) is 0 Å². The molecule has 2 aromatic carbocycles. The second-order valence-electron chi connectivity index (χ2n) is 7.48. The molecule has 1 unspecified atom stereocenters. The number of pyridine rings is 1. The second-order valence-corrected chi connectivity index (χ2v) is 8.75. The van der Waals surface area contributed by atoms with Crippen molar-refractivity contribution in [2.75, 3.05) is 32.4 Å². The number of nitrogens with zero attached hydrogens (tertiary/aromatic N) is 3. The lowest BCUT2D eigenvalue weighted by Gasteiger charge is -2.13. The summed E-state index contributed by atoms with van der Waals surface area (Å²) in [6.07, 6.45) is 3.29. The van der Waals surface area contributed by atoms with Crippen LogP contribution < -0.4 is 10.1 Å². The summed E-state index contributed by atoms with van der Waals surface area (Å²) in [4.78, 5) is 9.15. The van der Waals surface area contributed by atoms with Gasteiger partial charge in [-0.3, -0.25) is 4.57 Å². The number of anilines is 2. The Labute approximate surface area is 200 Å². The number of nitrogens with one attached hydrogen (secondary N) is 1. The number of hydrogen-bond acceptors (Lipinski definition) is 6. The van der Waals surface area contributed by atoms with Gasteiger partial charge in [-0.2, -0.15) is 4.98 Å². The first-order valence-electron chi connectivity index (χ1n) is 10.6. The topological polar surface area (TPSA) is 84.3 Å². The summed E-state index contributed by atoms with van der Waals surface area (Å²) in [6.45, 7) is 0.872. The van der Waals surface area contributed by atoms with Crippen LogP contribution in [0.2, 0.25) is 0 Å². The average molecular weight is 481 g/mol. The molecule has 7 nitrogen and oxygen atoms in total. The van der Waals surface area contributed by atoms with Gasteiger partial charge < -0.3 is 19.3 Å². The average Bonchev–Trinajstić information content (AvgIpc) is 3.23.